The van der Waals surface area contributed by atoms with Crippen molar-refractivity contribution in [2.45, 2.75) is 4.90 Å². The summed E-state index contributed by atoms with van der Waals surface area (Å²) < 4.78 is 6.91. The molecule has 4 aromatic rings. The first-order valence-corrected chi connectivity index (χ1v) is 10.8. The van der Waals surface area contributed by atoms with Crippen LogP contribution in [0.15, 0.2) is 91.7 Å². The van der Waals surface area contributed by atoms with Crippen LogP contribution in [0.25, 0.3) is 11.0 Å². The van der Waals surface area contributed by atoms with E-state index in [4.69, 9.17) is 4.42 Å². The maximum absolute atomic E-state index is 13.0. The Kier molecular flexibility index (Phi) is 5.78. The second kappa shape index (κ2) is 8.63. The fourth-order valence-corrected chi connectivity index (χ4v) is 3.60. The zero-order valence-electron chi connectivity index (χ0n) is 15.4. The molecule has 0 saturated heterocycles. The van der Waals surface area contributed by atoms with Gasteiger partial charge in [0.05, 0.1) is 5.69 Å². The monoisotopic (exact) mass is 465 g/mol. The summed E-state index contributed by atoms with van der Waals surface area (Å²) in [5, 5.41) is 3.59. The second-order valence-electron chi connectivity index (χ2n) is 6.13. The summed E-state index contributed by atoms with van der Waals surface area (Å²) in [6, 6.07) is 20.5. The Morgan fingerprint density at radius 2 is 2.00 bits per heavy atom. The topological polar surface area (TPSA) is 67.5 Å². The number of rotatable bonds is 4. The summed E-state index contributed by atoms with van der Waals surface area (Å²) in [7, 11) is 0. The van der Waals surface area contributed by atoms with E-state index in [0.717, 1.165) is 14.8 Å². The highest BCUT2D eigenvalue weighted by Crippen LogP contribution is 2.22. The Hall–Kier alpha value is -2.90. The number of thioether (sulfide) groups is 1. The number of fused-ring (bicyclic) bond motifs is 1. The predicted molar refractivity (Wildman–Crippen MR) is 120 cm³/mol. The molecule has 2 aromatic heterocycles. The van der Waals surface area contributed by atoms with Crippen molar-refractivity contribution in [3.63, 3.8) is 0 Å². The molecule has 1 amide bonds. The number of aromatic nitrogens is 1. The maximum atomic E-state index is 13.0. The maximum Gasteiger partial charge on any atom is 0.262 e. The Labute approximate surface area is 180 Å². The molecule has 7 heteroatoms. The molecule has 0 spiro atoms. The van der Waals surface area contributed by atoms with Crippen molar-refractivity contribution in [3.05, 3.63) is 88.5 Å². The number of anilines is 1. The Morgan fingerprint density at radius 3 is 2.79 bits per heavy atom. The number of hydrogen-bond donors (Lipinski definition) is 1. The van der Waals surface area contributed by atoms with Gasteiger partial charge in [-0.1, -0.05) is 28.1 Å². The van der Waals surface area contributed by atoms with Crippen LogP contribution in [-0.2, 0) is 0 Å². The van der Waals surface area contributed by atoms with Gasteiger partial charge in [-0.25, -0.2) is 9.98 Å². The van der Waals surface area contributed by atoms with Gasteiger partial charge in [-0.3, -0.25) is 4.79 Å². The van der Waals surface area contributed by atoms with Crippen LogP contribution in [0.2, 0.25) is 0 Å². The molecule has 0 bridgehead atoms. The van der Waals surface area contributed by atoms with E-state index in [0.29, 0.717) is 22.7 Å². The molecule has 0 radical (unpaired) electrons. The van der Waals surface area contributed by atoms with Crippen molar-refractivity contribution in [2.24, 2.45) is 4.99 Å². The number of pyridine rings is 1. The van der Waals surface area contributed by atoms with E-state index in [9.17, 15) is 4.79 Å². The fourth-order valence-electron chi connectivity index (χ4n) is 2.76. The van der Waals surface area contributed by atoms with E-state index < -0.39 is 0 Å². The fraction of sp³-hybridized carbons (Fsp3) is 0.0455. The molecule has 0 aliphatic carbocycles. The number of nitrogens with one attached hydrogen (secondary N) is 1. The molecule has 4 rings (SSSR count). The lowest BCUT2D eigenvalue weighted by atomic mass is 10.1. The zero-order valence-corrected chi connectivity index (χ0v) is 17.8. The predicted octanol–water partition coefficient (Wildman–Crippen LogP) is 5.80. The van der Waals surface area contributed by atoms with E-state index in [1.807, 2.05) is 54.8 Å². The van der Waals surface area contributed by atoms with Crippen molar-refractivity contribution < 1.29 is 9.21 Å². The minimum atomic E-state index is -0.339. The van der Waals surface area contributed by atoms with Crippen LogP contribution in [0.1, 0.15) is 10.4 Å². The molecule has 0 fully saturated rings. The van der Waals surface area contributed by atoms with Crippen molar-refractivity contribution in [1.82, 2.24) is 4.98 Å². The van der Waals surface area contributed by atoms with E-state index in [-0.39, 0.29) is 11.5 Å². The van der Waals surface area contributed by atoms with Gasteiger partial charge in [-0.15, -0.1) is 11.8 Å². The van der Waals surface area contributed by atoms with Crippen LogP contribution in [0.4, 0.5) is 11.5 Å². The van der Waals surface area contributed by atoms with E-state index in [1.54, 1.807) is 36.2 Å². The number of hydrogen-bond acceptors (Lipinski definition) is 5. The number of amides is 1. The molecule has 0 atom stereocenters. The summed E-state index contributed by atoms with van der Waals surface area (Å²) in [5.41, 5.74) is 1.92. The highest BCUT2D eigenvalue weighted by molar-refractivity contribution is 9.10. The normalized spacial score (nSPS) is 11.6. The lowest BCUT2D eigenvalue weighted by Crippen LogP contribution is -2.22. The number of halogens is 1. The number of carbonyl (C=O) groups excluding carboxylic acids is 1. The van der Waals surface area contributed by atoms with Crippen LogP contribution in [0.5, 0.6) is 0 Å². The van der Waals surface area contributed by atoms with Crippen LogP contribution in [0.3, 0.4) is 0 Å². The van der Waals surface area contributed by atoms with Crippen molar-refractivity contribution in [2.75, 3.05) is 11.6 Å². The number of nitrogens with zero attached hydrogens (tertiary/aromatic N) is 2. The standard InChI is InChI=1S/C22H16BrN3O2S/c1-29-17-6-4-5-16(13-17)25-22-18(21(27)26-20-7-2-3-10-24-20)12-14-11-15(23)8-9-19(14)28-22/h2-13H,1H3,(H,24,26,27). The minimum Gasteiger partial charge on any atom is -0.438 e. The van der Waals surface area contributed by atoms with Crippen molar-refractivity contribution in [1.29, 1.82) is 0 Å². The van der Waals surface area contributed by atoms with Crippen LogP contribution in [0, 0.1) is 0 Å². The first-order valence-electron chi connectivity index (χ1n) is 8.77. The molecule has 0 aliphatic heterocycles. The second-order valence-corrected chi connectivity index (χ2v) is 7.93. The van der Waals surface area contributed by atoms with Crippen molar-refractivity contribution >= 4 is 56.1 Å². The summed E-state index contributed by atoms with van der Waals surface area (Å²) in [5.74, 6) is 0.122. The van der Waals surface area contributed by atoms with E-state index in [1.165, 1.54) is 0 Å². The van der Waals surface area contributed by atoms with Crippen LogP contribution >= 0.6 is 27.7 Å². The van der Waals surface area contributed by atoms with Crippen molar-refractivity contribution in [3.8, 4) is 0 Å². The van der Waals surface area contributed by atoms with Gasteiger partial charge < -0.3 is 9.73 Å². The Balaban J connectivity index is 1.86. The van der Waals surface area contributed by atoms with Gasteiger partial charge in [-0.05, 0) is 60.9 Å². The summed E-state index contributed by atoms with van der Waals surface area (Å²) in [6.07, 6.45) is 3.62. The molecule has 0 saturated carbocycles. The first kappa shape index (κ1) is 19.4. The lowest BCUT2D eigenvalue weighted by Gasteiger charge is -2.07. The molecule has 0 aliphatic rings. The van der Waals surface area contributed by atoms with Gasteiger partial charge in [-0.2, -0.15) is 0 Å². The molecule has 1 N–H and O–H groups in total. The first-order chi connectivity index (χ1) is 14.1. The summed E-state index contributed by atoms with van der Waals surface area (Å²) in [4.78, 5) is 22.8. The molecule has 2 aromatic carbocycles. The molecule has 0 unspecified atom stereocenters. The third-order valence-corrected chi connectivity index (χ3v) is 5.36. The van der Waals surface area contributed by atoms with Gasteiger partial charge in [0, 0.05) is 21.0 Å². The number of benzene rings is 2. The molecule has 144 valence electrons. The third kappa shape index (κ3) is 4.58. The van der Waals surface area contributed by atoms with Gasteiger partial charge in [0.1, 0.15) is 17.0 Å². The molecule has 2 heterocycles. The minimum absolute atomic E-state index is 0.242. The van der Waals surface area contributed by atoms with Crippen LogP contribution < -0.4 is 10.9 Å². The van der Waals surface area contributed by atoms with Crippen LogP contribution in [-0.4, -0.2) is 17.1 Å². The van der Waals surface area contributed by atoms with E-state index >= 15 is 0 Å². The van der Waals surface area contributed by atoms with E-state index in [2.05, 4.69) is 31.2 Å². The molecule has 5 nitrogen and oxygen atoms in total. The highest BCUT2D eigenvalue weighted by atomic mass is 79.9. The van der Waals surface area contributed by atoms with Gasteiger partial charge in [0.25, 0.3) is 5.91 Å². The summed E-state index contributed by atoms with van der Waals surface area (Å²) in [6.45, 7) is 0. The lowest BCUT2D eigenvalue weighted by molar-refractivity contribution is 0.102. The Morgan fingerprint density at radius 1 is 1.10 bits per heavy atom. The quantitative estimate of drug-likeness (QED) is 0.386. The molecular weight excluding hydrogens is 450 g/mol. The molecular formula is C22H16BrN3O2S. The highest BCUT2D eigenvalue weighted by Gasteiger charge is 2.14. The zero-order chi connectivity index (χ0) is 20.2. The summed E-state index contributed by atoms with van der Waals surface area (Å²) >= 11 is 5.08. The third-order valence-electron chi connectivity index (χ3n) is 4.14. The average Bonchev–Trinajstić information content (AvgIpc) is 2.74. The largest absolute Gasteiger partial charge is 0.438 e. The van der Waals surface area contributed by atoms with Gasteiger partial charge in [0.2, 0.25) is 5.55 Å². The number of carbonyl (C=O) groups is 1. The smallest absolute Gasteiger partial charge is 0.262 e. The van der Waals surface area contributed by atoms with Gasteiger partial charge in [0.15, 0.2) is 0 Å². The average molecular weight is 466 g/mol. The van der Waals surface area contributed by atoms with Gasteiger partial charge >= 0.3 is 0 Å². The molecule has 29 heavy (non-hydrogen) atoms. The SMILES string of the molecule is CSc1cccc(N=c2oc3ccc(Br)cc3cc2C(=O)Nc2ccccn2)c1. The Bertz CT molecular complexity index is 1260.